The van der Waals surface area contributed by atoms with Crippen LogP contribution in [0.1, 0.15) is 11.1 Å². The molecular formula is C11H8N2O. The van der Waals surface area contributed by atoms with Crippen molar-refractivity contribution in [1.29, 1.82) is 5.26 Å². The van der Waals surface area contributed by atoms with Crippen LogP contribution in [0.4, 0.5) is 0 Å². The summed E-state index contributed by atoms with van der Waals surface area (Å²) in [6.07, 6.45) is 0. The lowest BCUT2D eigenvalue weighted by molar-refractivity contribution is 1.22. The summed E-state index contributed by atoms with van der Waals surface area (Å²) in [5, 5.41) is 9.74. The van der Waals surface area contributed by atoms with Gasteiger partial charge in [0.2, 0.25) is 0 Å². The number of H-pyrrole nitrogens is 1. The molecular weight excluding hydrogens is 176 g/mol. The summed E-state index contributed by atoms with van der Waals surface area (Å²) in [5.74, 6) is 0. The molecule has 3 nitrogen and oxygen atoms in total. The van der Waals surface area contributed by atoms with Gasteiger partial charge < -0.3 is 4.98 Å². The van der Waals surface area contributed by atoms with E-state index in [1.165, 1.54) is 0 Å². The van der Waals surface area contributed by atoms with Crippen molar-refractivity contribution in [1.82, 2.24) is 4.98 Å². The van der Waals surface area contributed by atoms with Crippen molar-refractivity contribution < 1.29 is 0 Å². The van der Waals surface area contributed by atoms with E-state index < -0.39 is 0 Å². The number of para-hydroxylation sites is 1. The van der Waals surface area contributed by atoms with E-state index in [4.69, 9.17) is 5.26 Å². The molecule has 0 atom stereocenters. The number of aromatic amines is 1. The molecule has 1 heterocycles. The van der Waals surface area contributed by atoms with E-state index in [0.717, 1.165) is 5.39 Å². The number of nitriles is 1. The maximum absolute atomic E-state index is 11.4. The molecule has 0 saturated carbocycles. The van der Waals surface area contributed by atoms with Gasteiger partial charge in [0.1, 0.15) is 6.07 Å². The minimum absolute atomic E-state index is 0.194. The lowest BCUT2D eigenvalue weighted by Crippen LogP contribution is -2.11. The zero-order valence-electron chi connectivity index (χ0n) is 7.66. The van der Waals surface area contributed by atoms with Gasteiger partial charge in [-0.05, 0) is 13.0 Å². The van der Waals surface area contributed by atoms with Crippen molar-refractivity contribution in [2.24, 2.45) is 0 Å². The number of aromatic nitrogens is 1. The second-order valence-corrected chi connectivity index (χ2v) is 3.11. The Morgan fingerprint density at radius 2 is 2.07 bits per heavy atom. The van der Waals surface area contributed by atoms with Gasteiger partial charge in [-0.3, -0.25) is 4.79 Å². The van der Waals surface area contributed by atoms with Crippen LogP contribution in [-0.4, -0.2) is 4.98 Å². The molecule has 1 aromatic heterocycles. The molecule has 0 aliphatic heterocycles. The molecule has 0 aliphatic carbocycles. The second-order valence-electron chi connectivity index (χ2n) is 3.11. The third-order valence-electron chi connectivity index (χ3n) is 2.27. The van der Waals surface area contributed by atoms with Gasteiger partial charge in [-0.25, -0.2) is 0 Å². The molecule has 2 rings (SSSR count). The second kappa shape index (κ2) is 3.00. The van der Waals surface area contributed by atoms with Crippen molar-refractivity contribution in [3.05, 3.63) is 45.7 Å². The summed E-state index contributed by atoms with van der Waals surface area (Å²) in [5.41, 5.74) is 1.45. The minimum Gasteiger partial charge on any atom is -0.322 e. The van der Waals surface area contributed by atoms with Crippen LogP contribution < -0.4 is 5.56 Å². The van der Waals surface area contributed by atoms with Gasteiger partial charge in [0, 0.05) is 16.5 Å². The SMILES string of the molecule is Cc1c(C#N)c2ccccc2[nH]c1=O. The third kappa shape index (κ3) is 1.09. The number of hydrogen-bond donors (Lipinski definition) is 1. The monoisotopic (exact) mass is 184 g/mol. The van der Waals surface area contributed by atoms with Crippen LogP contribution in [0.3, 0.4) is 0 Å². The first-order chi connectivity index (χ1) is 6.74. The quantitative estimate of drug-likeness (QED) is 0.677. The van der Waals surface area contributed by atoms with Crippen LogP contribution in [0.25, 0.3) is 10.9 Å². The van der Waals surface area contributed by atoms with E-state index in [1.807, 2.05) is 18.2 Å². The molecule has 1 N–H and O–H groups in total. The van der Waals surface area contributed by atoms with E-state index in [2.05, 4.69) is 11.1 Å². The molecule has 1 aromatic carbocycles. The highest BCUT2D eigenvalue weighted by Gasteiger charge is 2.06. The van der Waals surface area contributed by atoms with Crippen LogP contribution in [0, 0.1) is 18.3 Å². The molecule has 0 amide bonds. The van der Waals surface area contributed by atoms with Crippen molar-refractivity contribution in [3.63, 3.8) is 0 Å². The Labute approximate surface area is 80.6 Å². The number of pyridine rings is 1. The van der Waals surface area contributed by atoms with Crippen LogP contribution in [0.5, 0.6) is 0 Å². The van der Waals surface area contributed by atoms with E-state index in [9.17, 15) is 4.79 Å². The summed E-state index contributed by atoms with van der Waals surface area (Å²) in [4.78, 5) is 14.1. The Hall–Kier alpha value is -2.08. The molecule has 2 aromatic rings. The molecule has 0 unspecified atom stereocenters. The van der Waals surface area contributed by atoms with E-state index in [0.29, 0.717) is 16.6 Å². The van der Waals surface area contributed by atoms with Gasteiger partial charge in [-0.15, -0.1) is 0 Å². The Morgan fingerprint density at radius 1 is 1.36 bits per heavy atom. The maximum Gasteiger partial charge on any atom is 0.252 e. The first-order valence-corrected chi connectivity index (χ1v) is 4.26. The van der Waals surface area contributed by atoms with E-state index in [-0.39, 0.29) is 5.56 Å². The number of nitrogens with one attached hydrogen (secondary N) is 1. The van der Waals surface area contributed by atoms with E-state index >= 15 is 0 Å². The summed E-state index contributed by atoms with van der Waals surface area (Å²) >= 11 is 0. The molecule has 3 heteroatoms. The summed E-state index contributed by atoms with van der Waals surface area (Å²) < 4.78 is 0. The van der Waals surface area contributed by atoms with Gasteiger partial charge in [0.15, 0.2) is 0 Å². The van der Waals surface area contributed by atoms with Gasteiger partial charge in [-0.1, -0.05) is 18.2 Å². The number of rotatable bonds is 0. The van der Waals surface area contributed by atoms with E-state index in [1.54, 1.807) is 13.0 Å². The van der Waals surface area contributed by atoms with Gasteiger partial charge in [0.25, 0.3) is 5.56 Å². The summed E-state index contributed by atoms with van der Waals surface area (Å²) in [6.45, 7) is 1.66. The lowest BCUT2D eigenvalue weighted by Gasteiger charge is -2.01. The van der Waals surface area contributed by atoms with Crippen LogP contribution in [-0.2, 0) is 0 Å². The Morgan fingerprint density at radius 3 is 2.79 bits per heavy atom. The normalized spacial score (nSPS) is 10.0. The smallest absolute Gasteiger partial charge is 0.252 e. The Balaban J connectivity index is 3.06. The fourth-order valence-corrected chi connectivity index (χ4v) is 1.49. The minimum atomic E-state index is -0.194. The van der Waals surface area contributed by atoms with Crippen LogP contribution >= 0.6 is 0 Å². The zero-order chi connectivity index (χ0) is 10.1. The molecule has 0 radical (unpaired) electrons. The molecule has 0 fully saturated rings. The predicted molar refractivity (Wildman–Crippen MR) is 54.0 cm³/mol. The molecule has 0 saturated heterocycles. The van der Waals surface area contributed by atoms with Crippen molar-refractivity contribution in [2.45, 2.75) is 6.92 Å². The fourth-order valence-electron chi connectivity index (χ4n) is 1.49. The highest BCUT2D eigenvalue weighted by molar-refractivity contribution is 5.85. The van der Waals surface area contributed by atoms with Crippen molar-refractivity contribution in [2.75, 3.05) is 0 Å². The maximum atomic E-state index is 11.4. The standard InChI is InChI=1S/C11H8N2O/c1-7-9(6-12)8-4-2-3-5-10(8)13-11(7)14/h2-5H,1H3,(H,13,14). The highest BCUT2D eigenvalue weighted by atomic mass is 16.1. The summed E-state index contributed by atoms with van der Waals surface area (Å²) in [6, 6.07) is 9.35. The predicted octanol–water partition coefficient (Wildman–Crippen LogP) is 1.71. The molecule has 14 heavy (non-hydrogen) atoms. The zero-order valence-corrected chi connectivity index (χ0v) is 7.66. The molecule has 68 valence electrons. The fraction of sp³-hybridized carbons (Fsp3) is 0.0909. The number of benzene rings is 1. The highest BCUT2D eigenvalue weighted by Crippen LogP contribution is 2.15. The first kappa shape index (κ1) is 8.52. The average molecular weight is 184 g/mol. The van der Waals surface area contributed by atoms with Crippen molar-refractivity contribution in [3.8, 4) is 6.07 Å². The van der Waals surface area contributed by atoms with Crippen LogP contribution in [0.2, 0.25) is 0 Å². The van der Waals surface area contributed by atoms with Crippen molar-refractivity contribution >= 4 is 10.9 Å². The number of nitrogens with zero attached hydrogens (tertiary/aromatic N) is 1. The average Bonchev–Trinajstić information content (AvgIpc) is 2.20. The molecule has 0 bridgehead atoms. The third-order valence-corrected chi connectivity index (χ3v) is 2.27. The molecule has 0 spiro atoms. The Bertz CT molecular complexity index is 590. The number of fused-ring (bicyclic) bond motifs is 1. The Kier molecular flexibility index (Phi) is 1.83. The largest absolute Gasteiger partial charge is 0.322 e. The first-order valence-electron chi connectivity index (χ1n) is 4.26. The lowest BCUT2D eigenvalue weighted by atomic mass is 10.1. The van der Waals surface area contributed by atoms with Gasteiger partial charge in [0.05, 0.1) is 5.56 Å². The summed E-state index contributed by atoms with van der Waals surface area (Å²) in [7, 11) is 0. The van der Waals surface area contributed by atoms with Crippen LogP contribution in [0.15, 0.2) is 29.1 Å². The van der Waals surface area contributed by atoms with Gasteiger partial charge >= 0.3 is 0 Å². The number of hydrogen-bond acceptors (Lipinski definition) is 2. The topological polar surface area (TPSA) is 56.6 Å². The van der Waals surface area contributed by atoms with Gasteiger partial charge in [-0.2, -0.15) is 5.26 Å². The molecule has 0 aliphatic rings.